The maximum absolute atomic E-state index is 11.8. The molecule has 7 heteroatoms. The van der Waals surface area contributed by atoms with Crippen LogP contribution in [-0.2, 0) is 9.53 Å². The number of benzene rings is 1. The zero-order valence-electron chi connectivity index (χ0n) is 9.91. The molecule has 0 heterocycles. The van der Waals surface area contributed by atoms with E-state index in [2.05, 4.69) is 26.0 Å². The lowest BCUT2D eigenvalue weighted by Gasteiger charge is -2.12. The highest BCUT2D eigenvalue weighted by molar-refractivity contribution is 9.09. The van der Waals surface area contributed by atoms with E-state index in [1.807, 2.05) is 30.3 Å². The van der Waals surface area contributed by atoms with Gasteiger partial charge in [-0.05, 0) is 5.56 Å². The lowest BCUT2D eigenvalue weighted by atomic mass is 10.1. The summed E-state index contributed by atoms with van der Waals surface area (Å²) in [6.07, 6.45) is -4.41. The summed E-state index contributed by atoms with van der Waals surface area (Å²) in [6, 6.07) is 9.35. The van der Waals surface area contributed by atoms with Gasteiger partial charge in [-0.2, -0.15) is 13.2 Å². The van der Waals surface area contributed by atoms with Crippen LogP contribution in [0.4, 0.5) is 13.2 Å². The molecule has 19 heavy (non-hydrogen) atoms. The van der Waals surface area contributed by atoms with Crippen molar-refractivity contribution in [2.45, 2.75) is 11.0 Å². The van der Waals surface area contributed by atoms with Gasteiger partial charge < -0.3 is 10.1 Å². The predicted octanol–water partition coefficient (Wildman–Crippen LogP) is 2.82. The van der Waals surface area contributed by atoms with Crippen molar-refractivity contribution in [2.75, 3.05) is 19.8 Å². The average molecular weight is 340 g/mol. The Morgan fingerprint density at radius 3 is 2.53 bits per heavy atom. The van der Waals surface area contributed by atoms with Crippen LogP contribution < -0.4 is 5.32 Å². The third-order valence-corrected chi connectivity index (χ3v) is 2.99. The molecule has 0 aliphatic rings. The number of nitrogens with one attached hydrogen (secondary N) is 1. The highest BCUT2D eigenvalue weighted by atomic mass is 79.9. The van der Waals surface area contributed by atoms with E-state index in [9.17, 15) is 18.0 Å². The molecule has 0 saturated heterocycles. The number of hydrogen-bond donors (Lipinski definition) is 1. The molecular formula is C12H13BrF3NO2. The van der Waals surface area contributed by atoms with Crippen molar-refractivity contribution in [2.24, 2.45) is 0 Å². The molecule has 1 aromatic rings. The highest BCUT2D eigenvalue weighted by Crippen LogP contribution is 2.20. The molecule has 3 nitrogen and oxygen atoms in total. The van der Waals surface area contributed by atoms with E-state index in [-0.39, 0.29) is 11.4 Å². The van der Waals surface area contributed by atoms with Crippen molar-refractivity contribution in [3.8, 4) is 0 Å². The van der Waals surface area contributed by atoms with Gasteiger partial charge in [0, 0.05) is 6.54 Å². The van der Waals surface area contributed by atoms with Crippen LogP contribution in [0.1, 0.15) is 10.4 Å². The minimum atomic E-state index is -4.41. The molecule has 1 rings (SSSR count). The van der Waals surface area contributed by atoms with Crippen LogP contribution >= 0.6 is 15.9 Å². The molecule has 0 aromatic heterocycles. The van der Waals surface area contributed by atoms with E-state index in [1.54, 1.807) is 0 Å². The molecule has 0 bridgehead atoms. The number of ether oxygens (including phenoxy) is 1. The van der Waals surface area contributed by atoms with Crippen LogP contribution in [-0.4, -0.2) is 31.8 Å². The summed E-state index contributed by atoms with van der Waals surface area (Å²) < 4.78 is 39.6. The highest BCUT2D eigenvalue weighted by Gasteiger charge is 2.27. The Morgan fingerprint density at radius 1 is 1.32 bits per heavy atom. The van der Waals surface area contributed by atoms with Gasteiger partial charge in [0.15, 0.2) is 0 Å². The maximum Gasteiger partial charge on any atom is 0.411 e. The Bertz CT molecular complexity index is 398. The fraction of sp³-hybridized carbons (Fsp3) is 0.417. The average Bonchev–Trinajstić information content (AvgIpc) is 2.35. The van der Waals surface area contributed by atoms with Crippen molar-refractivity contribution in [1.29, 1.82) is 0 Å². The van der Waals surface area contributed by atoms with Crippen molar-refractivity contribution in [3.05, 3.63) is 35.9 Å². The molecule has 0 radical (unpaired) electrons. The van der Waals surface area contributed by atoms with Crippen molar-refractivity contribution in [1.82, 2.24) is 5.32 Å². The SMILES string of the molecule is O=C(COCC(F)(F)F)NCC(Br)c1ccccc1. The van der Waals surface area contributed by atoms with Crippen LogP contribution in [0, 0.1) is 0 Å². The summed E-state index contributed by atoms with van der Waals surface area (Å²) >= 11 is 3.38. The summed E-state index contributed by atoms with van der Waals surface area (Å²) in [4.78, 5) is 11.1. The van der Waals surface area contributed by atoms with E-state index in [4.69, 9.17) is 0 Å². The van der Waals surface area contributed by atoms with E-state index >= 15 is 0 Å². The lowest BCUT2D eigenvalue weighted by molar-refractivity contribution is -0.175. The van der Waals surface area contributed by atoms with E-state index in [1.165, 1.54) is 0 Å². The molecule has 0 aliphatic carbocycles. The van der Waals surface area contributed by atoms with Gasteiger partial charge in [0.05, 0.1) is 4.83 Å². The topological polar surface area (TPSA) is 38.3 Å². The van der Waals surface area contributed by atoms with E-state index in [0.29, 0.717) is 0 Å². The second kappa shape index (κ2) is 7.49. The lowest BCUT2D eigenvalue weighted by Crippen LogP contribution is -2.31. The first kappa shape index (κ1) is 16.0. The first-order valence-electron chi connectivity index (χ1n) is 5.48. The van der Waals surface area contributed by atoms with E-state index < -0.39 is 25.3 Å². The number of hydrogen-bond acceptors (Lipinski definition) is 2. The van der Waals surface area contributed by atoms with Crippen LogP contribution in [0.15, 0.2) is 30.3 Å². The third kappa shape index (κ3) is 7.17. The molecule has 1 amide bonds. The summed E-state index contributed by atoms with van der Waals surface area (Å²) in [5, 5.41) is 2.49. The van der Waals surface area contributed by atoms with E-state index in [0.717, 1.165) is 5.56 Å². The Morgan fingerprint density at radius 2 is 1.95 bits per heavy atom. The van der Waals surface area contributed by atoms with Gasteiger partial charge in [0.25, 0.3) is 0 Å². The van der Waals surface area contributed by atoms with Gasteiger partial charge in [-0.3, -0.25) is 4.79 Å². The molecule has 1 N–H and O–H groups in total. The standard InChI is InChI=1S/C12H13BrF3NO2/c13-10(9-4-2-1-3-5-9)6-17-11(18)7-19-8-12(14,15)16/h1-5,10H,6-8H2,(H,17,18). The minimum absolute atomic E-state index is 0.0970. The Balaban J connectivity index is 2.23. The normalized spacial score (nSPS) is 13.1. The summed E-state index contributed by atoms with van der Waals surface area (Å²) in [6.45, 7) is -1.75. The van der Waals surface area contributed by atoms with Gasteiger partial charge >= 0.3 is 6.18 Å². The fourth-order valence-corrected chi connectivity index (χ4v) is 1.76. The first-order valence-corrected chi connectivity index (χ1v) is 6.40. The number of carbonyl (C=O) groups is 1. The largest absolute Gasteiger partial charge is 0.411 e. The molecule has 1 unspecified atom stereocenters. The molecule has 1 aromatic carbocycles. The Labute approximate surface area is 117 Å². The molecule has 1 atom stereocenters. The zero-order chi connectivity index (χ0) is 14.3. The van der Waals surface area contributed by atoms with Crippen LogP contribution in [0.2, 0.25) is 0 Å². The zero-order valence-corrected chi connectivity index (χ0v) is 11.5. The molecule has 0 aliphatic heterocycles. The Kier molecular flexibility index (Phi) is 6.30. The Hall–Kier alpha value is -1.08. The number of halogens is 4. The second-order valence-corrected chi connectivity index (χ2v) is 4.90. The first-order chi connectivity index (χ1) is 8.88. The maximum atomic E-state index is 11.8. The molecular weight excluding hydrogens is 327 g/mol. The minimum Gasteiger partial charge on any atom is -0.362 e. The third-order valence-electron chi connectivity index (χ3n) is 2.14. The van der Waals surface area contributed by atoms with Gasteiger partial charge in [0.2, 0.25) is 5.91 Å². The molecule has 0 fully saturated rings. The van der Waals surface area contributed by atoms with Gasteiger partial charge in [-0.1, -0.05) is 46.3 Å². The molecule has 0 saturated carbocycles. The number of alkyl halides is 4. The molecule has 106 valence electrons. The molecule has 0 spiro atoms. The quantitative estimate of drug-likeness (QED) is 0.809. The fourth-order valence-electron chi connectivity index (χ4n) is 1.29. The second-order valence-electron chi connectivity index (χ2n) is 3.79. The van der Waals surface area contributed by atoms with Gasteiger partial charge in [0.1, 0.15) is 13.2 Å². The smallest absolute Gasteiger partial charge is 0.362 e. The number of carbonyl (C=O) groups excluding carboxylic acids is 1. The van der Waals surface area contributed by atoms with Crippen molar-refractivity contribution in [3.63, 3.8) is 0 Å². The van der Waals surface area contributed by atoms with Crippen molar-refractivity contribution < 1.29 is 22.7 Å². The summed E-state index contributed by atoms with van der Waals surface area (Å²) in [7, 11) is 0. The predicted molar refractivity (Wildman–Crippen MR) is 68.0 cm³/mol. The number of amides is 1. The number of rotatable bonds is 6. The summed E-state index contributed by atoms with van der Waals surface area (Å²) in [5.74, 6) is -0.579. The van der Waals surface area contributed by atoms with Gasteiger partial charge in [-0.25, -0.2) is 0 Å². The van der Waals surface area contributed by atoms with Crippen molar-refractivity contribution >= 4 is 21.8 Å². The summed E-state index contributed by atoms with van der Waals surface area (Å²) in [5.41, 5.74) is 0.971. The van der Waals surface area contributed by atoms with Gasteiger partial charge in [-0.15, -0.1) is 0 Å². The van der Waals surface area contributed by atoms with Crippen LogP contribution in [0.3, 0.4) is 0 Å². The van der Waals surface area contributed by atoms with Crippen LogP contribution in [0.25, 0.3) is 0 Å². The van der Waals surface area contributed by atoms with Crippen LogP contribution in [0.5, 0.6) is 0 Å². The monoisotopic (exact) mass is 339 g/mol.